The Bertz CT molecular complexity index is 605. The molecule has 1 unspecified atom stereocenters. The molecule has 112 valence electrons. The first-order valence-electron chi connectivity index (χ1n) is 7.02. The Balaban J connectivity index is 2.17. The smallest absolute Gasteiger partial charge is 0.119 e. The van der Waals surface area contributed by atoms with Gasteiger partial charge in [-0.05, 0) is 62.2 Å². The molecule has 0 heterocycles. The normalized spacial score (nSPS) is 12.0. The summed E-state index contributed by atoms with van der Waals surface area (Å²) in [7, 11) is 0. The molecule has 0 amide bonds. The highest BCUT2D eigenvalue weighted by Crippen LogP contribution is 2.29. The molecule has 0 bridgehead atoms. The lowest BCUT2D eigenvalue weighted by molar-refractivity contribution is 0.340. The number of ether oxygens (including phenoxy) is 1. The summed E-state index contributed by atoms with van der Waals surface area (Å²) < 4.78 is 5.47. The van der Waals surface area contributed by atoms with Crippen LogP contribution in [0.15, 0.2) is 36.4 Å². The fraction of sp³-hybridized carbons (Fsp3) is 0.294. The summed E-state index contributed by atoms with van der Waals surface area (Å²) >= 11 is 0. The van der Waals surface area contributed by atoms with Crippen molar-refractivity contribution in [3.05, 3.63) is 47.5 Å². The largest absolute Gasteiger partial charge is 0.508 e. The van der Waals surface area contributed by atoms with E-state index in [1.54, 1.807) is 12.1 Å². The van der Waals surface area contributed by atoms with E-state index >= 15 is 0 Å². The van der Waals surface area contributed by atoms with Crippen LogP contribution < -0.4 is 10.1 Å². The minimum Gasteiger partial charge on any atom is -0.508 e. The Labute approximate surface area is 125 Å². The van der Waals surface area contributed by atoms with E-state index < -0.39 is 0 Å². The summed E-state index contributed by atoms with van der Waals surface area (Å²) in [6.07, 6.45) is 0. The second kappa shape index (κ2) is 6.39. The van der Waals surface area contributed by atoms with Crippen molar-refractivity contribution in [1.29, 1.82) is 0 Å². The van der Waals surface area contributed by atoms with Gasteiger partial charge in [-0.25, -0.2) is 0 Å². The van der Waals surface area contributed by atoms with Crippen molar-refractivity contribution in [3.63, 3.8) is 0 Å². The first-order chi connectivity index (χ1) is 9.99. The average Bonchev–Trinajstić information content (AvgIpc) is 2.41. The van der Waals surface area contributed by atoms with Gasteiger partial charge in [-0.15, -0.1) is 0 Å². The Kier molecular flexibility index (Phi) is 4.58. The third-order valence-electron chi connectivity index (χ3n) is 3.31. The van der Waals surface area contributed by atoms with Gasteiger partial charge in [0.1, 0.15) is 17.2 Å². The minimum absolute atomic E-state index is 0.0420. The van der Waals surface area contributed by atoms with Crippen LogP contribution in [0.2, 0.25) is 0 Å². The van der Waals surface area contributed by atoms with E-state index in [0.717, 1.165) is 22.6 Å². The van der Waals surface area contributed by atoms with Gasteiger partial charge in [0.15, 0.2) is 0 Å². The van der Waals surface area contributed by atoms with Crippen LogP contribution in [0.3, 0.4) is 0 Å². The molecule has 2 rings (SSSR count). The van der Waals surface area contributed by atoms with E-state index in [1.807, 2.05) is 39.0 Å². The van der Waals surface area contributed by atoms with Gasteiger partial charge >= 0.3 is 0 Å². The van der Waals surface area contributed by atoms with Crippen molar-refractivity contribution in [3.8, 4) is 17.2 Å². The van der Waals surface area contributed by atoms with Crippen LogP contribution in [0.25, 0.3) is 0 Å². The number of phenolic OH excluding ortho intramolecular Hbond substituents is 2. The standard InChI is InChI=1S/C17H21NO3/c1-4-21-16-5-6-17(11(2)7-16)18-12(3)13-8-14(19)10-15(20)9-13/h5-10,12,18-20H,4H2,1-3H3. The Morgan fingerprint density at radius 1 is 1.10 bits per heavy atom. The summed E-state index contributed by atoms with van der Waals surface area (Å²) in [4.78, 5) is 0. The number of benzene rings is 2. The van der Waals surface area contributed by atoms with Crippen molar-refractivity contribution in [2.75, 3.05) is 11.9 Å². The van der Waals surface area contributed by atoms with Crippen LogP contribution in [0, 0.1) is 6.92 Å². The van der Waals surface area contributed by atoms with Gasteiger partial charge in [0.25, 0.3) is 0 Å². The van der Waals surface area contributed by atoms with Crippen LogP contribution in [0.1, 0.15) is 31.0 Å². The van der Waals surface area contributed by atoms with Crippen molar-refractivity contribution in [1.82, 2.24) is 0 Å². The molecule has 0 radical (unpaired) electrons. The Morgan fingerprint density at radius 3 is 2.33 bits per heavy atom. The molecule has 0 saturated carbocycles. The first-order valence-corrected chi connectivity index (χ1v) is 7.02. The highest BCUT2D eigenvalue weighted by molar-refractivity contribution is 5.55. The quantitative estimate of drug-likeness (QED) is 0.778. The van der Waals surface area contributed by atoms with Gasteiger partial charge in [0.05, 0.1) is 6.61 Å². The summed E-state index contributed by atoms with van der Waals surface area (Å²) in [6, 6.07) is 10.4. The molecule has 0 aromatic heterocycles. The molecule has 21 heavy (non-hydrogen) atoms. The Hall–Kier alpha value is -2.36. The molecular formula is C17H21NO3. The number of aromatic hydroxyl groups is 2. The maximum atomic E-state index is 9.55. The van der Waals surface area contributed by atoms with E-state index in [1.165, 1.54) is 6.07 Å². The number of hydrogen-bond donors (Lipinski definition) is 3. The zero-order chi connectivity index (χ0) is 15.4. The van der Waals surface area contributed by atoms with Gasteiger partial charge in [-0.2, -0.15) is 0 Å². The van der Waals surface area contributed by atoms with Crippen LogP contribution in [0.5, 0.6) is 17.2 Å². The summed E-state index contributed by atoms with van der Waals surface area (Å²) in [6.45, 7) is 6.59. The van der Waals surface area contributed by atoms with Crippen LogP contribution in [-0.4, -0.2) is 16.8 Å². The van der Waals surface area contributed by atoms with Gasteiger partial charge in [-0.3, -0.25) is 0 Å². The van der Waals surface area contributed by atoms with Crippen molar-refractivity contribution in [2.45, 2.75) is 26.8 Å². The first kappa shape index (κ1) is 15.0. The third kappa shape index (κ3) is 3.81. The molecule has 0 aliphatic carbocycles. The van der Waals surface area contributed by atoms with Crippen LogP contribution in [-0.2, 0) is 0 Å². The number of hydrogen-bond acceptors (Lipinski definition) is 4. The van der Waals surface area contributed by atoms with Crippen molar-refractivity contribution < 1.29 is 14.9 Å². The molecule has 2 aromatic carbocycles. The SMILES string of the molecule is CCOc1ccc(NC(C)c2cc(O)cc(O)c2)c(C)c1. The molecule has 1 atom stereocenters. The van der Waals surface area contributed by atoms with E-state index in [-0.39, 0.29) is 17.5 Å². The molecule has 0 spiro atoms. The molecule has 4 heteroatoms. The Morgan fingerprint density at radius 2 is 1.76 bits per heavy atom. The van der Waals surface area contributed by atoms with E-state index in [0.29, 0.717) is 6.61 Å². The van der Waals surface area contributed by atoms with Crippen LogP contribution in [0.4, 0.5) is 5.69 Å². The average molecular weight is 287 g/mol. The fourth-order valence-corrected chi connectivity index (χ4v) is 2.24. The number of anilines is 1. The number of nitrogens with one attached hydrogen (secondary N) is 1. The van der Waals surface area contributed by atoms with Crippen molar-refractivity contribution >= 4 is 5.69 Å². The summed E-state index contributed by atoms with van der Waals surface area (Å²) in [5, 5.41) is 22.5. The van der Waals surface area contributed by atoms with E-state index in [2.05, 4.69) is 5.32 Å². The molecule has 4 nitrogen and oxygen atoms in total. The highest BCUT2D eigenvalue weighted by Gasteiger charge is 2.10. The number of rotatable bonds is 5. The predicted octanol–water partition coefficient (Wildman–Crippen LogP) is 3.98. The molecular weight excluding hydrogens is 266 g/mol. The van der Waals surface area contributed by atoms with E-state index in [4.69, 9.17) is 4.74 Å². The lowest BCUT2D eigenvalue weighted by Gasteiger charge is -2.18. The minimum atomic E-state index is -0.0420. The lowest BCUT2D eigenvalue weighted by Crippen LogP contribution is -2.07. The van der Waals surface area contributed by atoms with Crippen molar-refractivity contribution in [2.24, 2.45) is 0 Å². The molecule has 2 aromatic rings. The molecule has 0 saturated heterocycles. The fourth-order valence-electron chi connectivity index (χ4n) is 2.24. The lowest BCUT2D eigenvalue weighted by atomic mass is 10.1. The molecule has 3 N–H and O–H groups in total. The maximum Gasteiger partial charge on any atom is 0.119 e. The highest BCUT2D eigenvalue weighted by atomic mass is 16.5. The maximum absolute atomic E-state index is 9.55. The summed E-state index contributed by atoms with van der Waals surface area (Å²) in [5.74, 6) is 0.965. The molecule has 0 aliphatic rings. The zero-order valence-electron chi connectivity index (χ0n) is 12.6. The van der Waals surface area contributed by atoms with Gasteiger partial charge in [0.2, 0.25) is 0 Å². The van der Waals surface area contributed by atoms with E-state index in [9.17, 15) is 10.2 Å². The van der Waals surface area contributed by atoms with Crippen LogP contribution >= 0.6 is 0 Å². The van der Waals surface area contributed by atoms with Gasteiger partial charge < -0.3 is 20.3 Å². The predicted molar refractivity (Wildman–Crippen MR) is 84.2 cm³/mol. The molecule has 0 aliphatic heterocycles. The molecule has 0 fully saturated rings. The number of aryl methyl sites for hydroxylation is 1. The second-order valence-electron chi connectivity index (χ2n) is 5.06. The summed E-state index contributed by atoms with van der Waals surface area (Å²) in [5.41, 5.74) is 2.90. The third-order valence-corrected chi connectivity index (χ3v) is 3.31. The van der Waals surface area contributed by atoms with Gasteiger partial charge in [0, 0.05) is 17.8 Å². The zero-order valence-corrected chi connectivity index (χ0v) is 12.6. The number of phenols is 2. The monoisotopic (exact) mass is 287 g/mol. The van der Waals surface area contributed by atoms with Gasteiger partial charge in [-0.1, -0.05) is 0 Å². The second-order valence-corrected chi connectivity index (χ2v) is 5.06. The topological polar surface area (TPSA) is 61.7 Å².